The summed E-state index contributed by atoms with van der Waals surface area (Å²) in [7, 11) is 1.79. The summed E-state index contributed by atoms with van der Waals surface area (Å²) < 4.78 is 2.49. The summed E-state index contributed by atoms with van der Waals surface area (Å²) in [4.78, 5) is 13.2. The molecule has 0 bridgehead atoms. The van der Waals surface area contributed by atoms with Crippen molar-refractivity contribution in [3.05, 3.63) is 64.9 Å². The Bertz CT molecular complexity index is 1030. The molecule has 0 aliphatic heterocycles. The summed E-state index contributed by atoms with van der Waals surface area (Å²) in [6, 6.07) is 14.2. The lowest BCUT2D eigenvalue weighted by atomic mass is 10.1. The number of rotatable bonds is 5. The van der Waals surface area contributed by atoms with Crippen molar-refractivity contribution in [3.63, 3.8) is 0 Å². The third kappa shape index (κ3) is 3.23. The average Bonchev–Trinajstić information content (AvgIpc) is 3.08. The van der Waals surface area contributed by atoms with Crippen molar-refractivity contribution in [2.75, 3.05) is 17.7 Å². The zero-order valence-electron chi connectivity index (χ0n) is 14.0. The molecule has 3 heterocycles. The van der Waals surface area contributed by atoms with Crippen LogP contribution in [0.2, 0.25) is 0 Å². The lowest BCUT2D eigenvalue weighted by Gasteiger charge is -2.10. The van der Waals surface area contributed by atoms with Crippen molar-refractivity contribution in [1.82, 2.24) is 24.6 Å². The average molecular weight is 410 g/mol. The molecule has 8 heteroatoms. The van der Waals surface area contributed by atoms with Crippen molar-refractivity contribution in [2.24, 2.45) is 0 Å². The summed E-state index contributed by atoms with van der Waals surface area (Å²) in [5, 5.41) is 10.6. The van der Waals surface area contributed by atoms with Gasteiger partial charge in [0, 0.05) is 25.4 Å². The Morgan fingerprint density at radius 2 is 1.92 bits per heavy atom. The van der Waals surface area contributed by atoms with Gasteiger partial charge in [0.15, 0.2) is 5.65 Å². The number of pyridine rings is 1. The van der Waals surface area contributed by atoms with Gasteiger partial charge in [-0.3, -0.25) is 4.98 Å². The van der Waals surface area contributed by atoms with Crippen LogP contribution in [0.15, 0.2) is 59.3 Å². The second kappa shape index (κ2) is 7.09. The van der Waals surface area contributed by atoms with Crippen LogP contribution in [0.3, 0.4) is 0 Å². The number of benzene rings is 1. The van der Waals surface area contributed by atoms with Crippen LogP contribution < -0.4 is 10.6 Å². The molecule has 0 amide bonds. The van der Waals surface area contributed by atoms with Crippen LogP contribution in [-0.4, -0.2) is 31.6 Å². The summed E-state index contributed by atoms with van der Waals surface area (Å²) in [5.41, 5.74) is 3.89. The number of aromatic nitrogens is 5. The van der Waals surface area contributed by atoms with Crippen LogP contribution in [0, 0.1) is 0 Å². The number of anilines is 2. The number of halogens is 1. The van der Waals surface area contributed by atoms with Gasteiger partial charge in [-0.15, -0.1) is 0 Å². The smallest absolute Gasteiger partial charge is 0.229 e. The van der Waals surface area contributed by atoms with Gasteiger partial charge in [0.2, 0.25) is 11.9 Å². The van der Waals surface area contributed by atoms with Crippen molar-refractivity contribution >= 4 is 33.5 Å². The third-order valence-electron chi connectivity index (χ3n) is 3.91. The van der Waals surface area contributed by atoms with E-state index in [-0.39, 0.29) is 0 Å². The highest BCUT2D eigenvalue weighted by Crippen LogP contribution is 2.21. The van der Waals surface area contributed by atoms with E-state index < -0.39 is 0 Å². The van der Waals surface area contributed by atoms with E-state index in [4.69, 9.17) is 0 Å². The largest absolute Gasteiger partial charge is 0.357 e. The maximum atomic E-state index is 4.45. The first-order valence-electron chi connectivity index (χ1n) is 8.08. The van der Waals surface area contributed by atoms with E-state index in [0.29, 0.717) is 24.1 Å². The molecule has 3 aromatic heterocycles. The Balaban J connectivity index is 1.55. The van der Waals surface area contributed by atoms with E-state index in [9.17, 15) is 0 Å². The van der Waals surface area contributed by atoms with Crippen molar-refractivity contribution in [2.45, 2.75) is 6.54 Å². The van der Waals surface area contributed by atoms with E-state index in [1.807, 2.05) is 18.2 Å². The van der Waals surface area contributed by atoms with Crippen molar-refractivity contribution in [1.29, 1.82) is 0 Å². The Labute approximate surface area is 158 Å². The lowest BCUT2D eigenvalue weighted by molar-refractivity contribution is 0.883. The minimum atomic E-state index is 0.534. The van der Waals surface area contributed by atoms with Gasteiger partial charge < -0.3 is 10.6 Å². The molecule has 1 aromatic carbocycles. The van der Waals surface area contributed by atoms with Crippen LogP contribution in [0.25, 0.3) is 16.9 Å². The molecule has 4 aromatic rings. The van der Waals surface area contributed by atoms with Gasteiger partial charge in [-0.05, 0) is 33.6 Å². The first-order valence-corrected chi connectivity index (χ1v) is 8.87. The zero-order chi connectivity index (χ0) is 17.9. The molecule has 0 spiro atoms. The fraction of sp³-hybridized carbons (Fsp3) is 0.111. The van der Waals surface area contributed by atoms with Crippen LogP contribution >= 0.6 is 15.9 Å². The summed E-state index contributed by atoms with van der Waals surface area (Å²) in [6.45, 7) is 0.620. The molecular formula is C18H16BrN7. The third-order valence-corrected chi connectivity index (χ3v) is 4.47. The van der Waals surface area contributed by atoms with Crippen LogP contribution in [0.4, 0.5) is 11.9 Å². The van der Waals surface area contributed by atoms with Gasteiger partial charge >= 0.3 is 0 Å². The van der Waals surface area contributed by atoms with Gasteiger partial charge in [-0.1, -0.05) is 30.3 Å². The molecule has 0 atom stereocenters. The normalized spacial score (nSPS) is 10.8. The number of nitrogens with one attached hydrogen (secondary N) is 2. The molecule has 0 saturated carbocycles. The number of nitrogens with zero attached hydrogens (tertiary/aromatic N) is 5. The molecule has 130 valence electrons. The van der Waals surface area contributed by atoms with Crippen LogP contribution in [0.5, 0.6) is 0 Å². The lowest BCUT2D eigenvalue weighted by Crippen LogP contribution is -2.10. The topological polar surface area (TPSA) is 80.0 Å². The molecule has 26 heavy (non-hydrogen) atoms. The Kier molecular flexibility index (Phi) is 4.49. The SMILES string of the molecule is CNc1nc(NCc2ccc(-c3ccccn3)cc2)n2ncc(Br)c2n1. The summed E-state index contributed by atoms with van der Waals surface area (Å²) >= 11 is 3.46. The molecule has 0 saturated heterocycles. The van der Waals surface area contributed by atoms with Crippen LogP contribution in [0.1, 0.15) is 5.56 Å². The first-order chi connectivity index (χ1) is 12.7. The predicted molar refractivity (Wildman–Crippen MR) is 105 cm³/mol. The second-order valence-electron chi connectivity index (χ2n) is 5.61. The highest BCUT2D eigenvalue weighted by atomic mass is 79.9. The highest BCUT2D eigenvalue weighted by Gasteiger charge is 2.11. The standard InChI is InChI=1S/C18H16BrN7/c1-20-17-24-16-14(19)11-23-26(16)18(25-17)22-10-12-5-7-13(8-6-12)15-4-2-3-9-21-15/h2-9,11H,10H2,1H3,(H2,20,22,24,25). The van der Waals surface area contributed by atoms with Crippen molar-refractivity contribution in [3.8, 4) is 11.3 Å². The van der Waals surface area contributed by atoms with Gasteiger partial charge in [-0.25, -0.2) is 0 Å². The van der Waals surface area contributed by atoms with Crippen LogP contribution in [-0.2, 0) is 6.54 Å². The maximum Gasteiger partial charge on any atom is 0.229 e. The molecule has 4 rings (SSSR count). The van der Waals surface area contributed by atoms with E-state index in [0.717, 1.165) is 21.3 Å². The minimum absolute atomic E-state index is 0.534. The van der Waals surface area contributed by atoms with Gasteiger partial charge in [0.1, 0.15) is 0 Å². The molecule has 0 aliphatic carbocycles. The molecule has 0 fully saturated rings. The monoisotopic (exact) mass is 409 g/mol. The van der Waals surface area contributed by atoms with Gasteiger partial charge in [0.25, 0.3) is 0 Å². The molecular weight excluding hydrogens is 394 g/mol. The second-order valence-corrected chi connectivity index (χ2v) is 6.47. The fourth-order valence-electron chi connectivity index (χ4n) is 2.58. The molecule has 2 N–H and O–H groups in total. The Hall–Kier alpha value is -3.00. The molecule has 7 nitrogen and oxygen atoms in total. The van der Waals surface area contributed by atoms with Gasteiger partial charge in [-0.2, -0.15) is 19.6 Å². The maximum absolute atomic E-state index is 4.45. The Morgan fingerprint density at radius 1 is 1.08 bits per heavy atom. The summed E-state index contributed by atoms with van der Waals surface area (Å²) in [6.07, 6.45) is 3.50. The number of hydrogen-bond acceptors (Lipinski definition) is 6. The fourth-order valence-corrected chi connectivity index (χ4v) is 2.93. The highest BCUT2D eigenvalue weighted by molar-refractivity contribution is 9.10. The summed E-state index contributed by atoms with van der Waals surface area (Å²) in [5.74, 6) is 1.16. The predicted octanol–water partition coefficient (Wildman–Crippen LogP) is 3.60. The molecule has 0 unspecified atom stereocenters. The van der Waals surface area contributed by atoms with E-state index in [1.54, 1.807) is 24.0 Å². The molecule has 0 aliphatic rings. The van der Waals surface area contributed by atoms with Crippen molar-refractivity contribution < 1.29 is 0 Å². The number of hydrogen-bond donors (Lipinski definition) is 2. The minimum Gasteiger partial charge on any atom is -0.357 e. The Morgan fingerprint density at radius 3 is 2.65 bits per heavy atom. The number of fused-ring (bicyclic) bond motifs is 1. The quantitative estimate of drug-likeness (QED) is 0.524. The molecule has 0 radical (unpaired) electrons. The van der Waals surface area contributed by atoms with E-state index >= 15 is 0 Å². The first kappa shape index (κ1) is 16.5. The van der Waals surface area contributed by atoms with E-state index in [2.05, 4.69) is 70.9 Å². The van der Waals surface area contributed by atoms with Gasteiger partial charge in [0.05, 0.1) is 16.4 Å². The zero-order valence-corrected chi connectivity index (χ0v) is 15.6. The van der Waals surface area contributed by atoms with E-state index in [1.165, 1.54) is 0 Å².